The van der Waals surface area contributed by atoms with E-state index in [1.165, 1.54) is 86.5 Å². The smallest absolute Gasteiger partial charge is 0.160 e. The Morgan fingerprint density at radius 2 is 1.02 bits per heavy atom. The molecule has 0 unspecified atom stereocenters. The summed E-state index contributed by atoms with van der Waals surface area (Å²) in [6, 6.07) is 70.4. The molecule has 5 heterocycles. The third-order valence-electron chi connectivity index (χ3n) is 12.9. The SMILES string of the molecule is c1ccc(-c2ccc(-c3nc(-c4ccc(-n5c6ccccc6c6cc7c8ccccc8n8c9ccc%10ccccc%10c9c(c65)c78)cc4)nc4c3sc3ccccc34)cc2)cc1. The van der Waals surface area contributed by atoms with Gasteiger partial charge in [0.15, 0.2) is 5.82 Å². The van der Waals surface area contributed by atoms with Crippen molar-refractivity contribution in [3.63, 3.8) is 0 Å². The standard InChI is InChI=1S/C56H32N4S/c1-2-12-33(13-3-1)34-22-24-36(25-23-34)51-55-52(42-18-8-11-21-48(42)61-55)58-56(57-51)37-26-29-38(30-27-37)59-45-19-9-6-16-40(45)43-32-44-41-17-7-10-20-46(41)60-47-31-28-35-14-4-5-15-39(35)49(47)50(53(43)59)54(44)60/h1-32H. The topological polar surface area (TPSA) is 35.1 Å². The van der Waals surface area contributed by atoms with Gasteiger partial charge >= 0.3 is 0 Å². The third-order valence-corrected chi connectivity index (χ3v) is 14.0. The Hall–Kier alpha value is -7.86. The molecule has 0 aliphatic heterocycles. The molecule has 0 aliphatic rings. The minimum atomic E-state index is 0.720. The highest BCUT2D eigenvalue weighted by Crippen LogP contribution is 2.48. The number of benzene rings is 9. The number of hydrogen-bond donors (Lipinski definition) is 0. The van der Waals surface area contributed by atoms with Crippen molar-refractivity contribution in [1.29, 1.82) is 0 Å². The number of aromatic nitrogens is 4. The first kappa shape index (κ1) is 33.0. The van der Waals surface area contributed by atoms with Crippen LogP contribution in [0.1, 0.15) is 0 Å². The highest BCUT2D eigenvalue weighted by atomic mass is 32.1. The number of nitrogens with zero attached hydrogens (tertiary/aromatic N) is 4. The molecule has 0 radical (unpaired) electrons. The zero-order valence-electron chi connectivity index (χ0n) is 32.7. The first-order chi connectivity index (χ1) is 30.3. The van der Waals surface area contributed by atoms with Crippen LogP contribution in [0.4, 0.5) is 0 Å². The van der Waals surface area contributed by atoms with Gasteiger partial charge in [0.05, 0.1) is 43.5 Å². The molecule has 282 valence electrons. The zero-order valence-corrected chi connectivity index (χ0v) is 33.5. The lowest BCUT2D eigenvalue weighted by molar-refractivity contribution is 1.18. The number of rotatable bonds is 4. The van der Waals surface area contributed by atoms with E-state index in [0.717, 1.165) is 43.9 Å². The lowest BCUT2D eigenvalue weighted by Gasteiger charge is -2.12. The average Bonchev–Trinajstić information content (AvgIpc) is 4.07. The van der Waals surface area contributed by atoms with Gasteiger partial charge in [0, 0.05) is 59.2 Å². The highest BCUT2D eigenvalue weighted by molar-refractivity contribution is 7.26. The van der Waals surface area contributed by atoms with Gasteiger partial charge in [-0.15, -0.1) is 11.3 Å². The molecular formula is C56H32N4S. The van der Waals surface area contributed by atoms with Crippen molar-refractivity contribution in [2.75, 3.05) is 0 Å². The van der Waals surface area contributed by atoms with Gasteiger partial charge < -0.3 is 8.97 Å². The quantitative estimate of drug-likeness (QED) is 0.178. The van der Waals surface area contributed by atoms with E-state index in [9.17, 15) is 0 Å². The summed E-state index contributed by atoms with van der Waals surface area (Å²) in [5, 5.41) is 11.3. The van der Waals surface area contributed by atoms with Crippen LogP contribution in [-0.2, 0) is 0 Å². The van der Waals surface area contributed by atoms with Crippen molar-refractivity contribution in [2.45, 2.75) is 0 Å². The molecule has 0 saturated carbocycles. The fraction of sp³-hybridized carbons (Fsp3) is 0. The molecule has 0 atom stereocenters. The molecule has 61 heavy (non-hydrogen) atoms. The maximum Gasteiger partial charge on any atom is 0.160 e. The van der Waals surface area contributed by atoms with Gasteiger partial charge in [0.2, 0.25) is 0 Å². The first-order valence-electron chi connectivity index (χ1n) is 20.7. The lowest BCUT2D eigenvalue weighted by Crippen LogP contribution is -1.96. The zero-order chi connectivity index (χ0) is 39.8. The van der Waals surface area contributed by atoms with Gasteiger partial charge in [0.1, 0.15) is 0 Å². The molecule has 4 nitrogen and oxygen atoms in total. The van der Waals surface area contributed by atoms with Gasteiger partial charge in [-0.05, 0) is 76.5 Å². The third kappa shape index (κ3) is 4.58. The van der Waals surface area contributed by atoms with Crippen molar-refractivity contribution >= 4 is 102 Å². The van der Waals surface area contributed by atoms with Gasteiger partial charge in [-0.25, -0.2) is 9.97 Å². The molecule has 5 aromatic heterocycles. The van der Waals surface area contributed by atoms with E-state index >= 15 is 0 Å². The molecule has 0 saturated heterocycles. The van der Waals surface area contributed by atoms with E-state index in [4.69, 9.17) is 9.97 Å². The van der Waals surface area contributed by atoms with E-state index < -0.39 is 0 Å². The molecule has 14 aromatic rings. The van der Waals surface area contributed by atoms with Crippen LogP contribution in [0, 0.1) is 0 Å². The van der Waals surface area contributed by atoms with Crippen molar-refractivity contribution in [3.05, 3.63) is 194 Å². The van der Waals surface area contributed by atoms with Crippen LogP contribution >= 0.6 is 11.3 Å². The fourth-order valence-corrected chi connectivity index (χ4v) is 11.3. The van der Waals surface area contributed by atoms with E-state index in [1.54, 1.807) is 11.3 Å². The van der Waals surface area contributed by atoms with Crippen molar-refractivity contribution in [3.8, 4) is 39.5 Å². The molecular weight excluding hydrogens is 761 g/mol. The summed E-state index contributed by atoms with van der Waals surface area (Å²) in [5.41, 5.74) is 13.6. The maximum atomic E-state index is 5.36. The van der Waals surface area contributed by atoms with Crippen LogP contribution in [0.5, 0.6) is 0 Å². The van der Waals surface area contributed by atoms with Crippen LogP contribution in [0.2, 0.25) is 0 Å². The molecule has 0 bridgehead atoms. The molecule has 9 aromatic carbocycles. The second-order valence-electron chi connectivity index (χ2n) is 16.1. The highest BCUT2D eigenvalue weighted by Gasteiger charge is 2.25. The lowest BCUT2D eigenvalue weighted by atomic mass is 9.99. The fourth-order valence-electron chi connectivity index (χ4n) is 10.2. The van der Waals surface area contributed by atoms with E-state index in [1.807, 2.05) is 0 Å². The van der Waals surface area contributed by atoms with E-state index in [0.29, 0.717) is 0 Å². The molecule has 0 amide bonds. The minimum absolute atomic E-state index is 0.720. The summed E-state index contributed by atoms with van der Waals surface area (Å²) in [4.78, 5) is 10.7. The Kier molecular flexibility index (Phi) is 6.68. The Bertz CT molecular complexity index is 4080. The summed E-state index contributed by atoms with van der Waals surface area (Å²) >= 11 is 1.77. The minimum Gasteiger partial charge on any atom is -0.309 e. The summed E-state index contributed by atoms with van der Waals surface area (Å²) in [6.07, 6.45) is 0. The number of para-hydroxylation sites is 2. The number of hydrogen-bond acceptors (Lipinski definition) is 3. The summed E-state index contributed by atoms with van der Waals surface area (Å²) < 4.78 is 7.30. The summed E-state index contributed by atoms with van der Waals surface area (Å²) in [6.45, 7) is 0. The van der Waals surface area contributed by atoms with Gasteiger partial charge in [-0.1, -0.05) is 140 Å². The van der Waals surface area contributed by atoms with Gasteiger partial charge in [-0.2, -0.15) is 0 Å². The second-order valence-corrected chi connectivity index (χ2v) is 17.1. The molecule has 5 heteroatoms. The van der Waals surface area contributed by atoms with Crippen LogP contribution in [0.3, 0.4) is 0 Å². The monoisotopic (exact) mass is 792 g/mol. The van der Waals surface area contributed by atoms with Crippen LogP contribution in [-0.4, -0.2) is 18.9 Å². The predicted octanol–water partition coefficient (Wildman–Crippen LogP) is 15.2. The van der Waals surface area contributed by atoms with E-state index in [2.05, 4.69) is 203 Å². The largest absolute Gasteiger partial charge is 0.309 e. The number of fused-ring (bicyclic) bond motifs is 15. The Morgan fingerprint density at radius 1 is 0.393 bits per heavy atom. The van der Waals surface area contributed by atoms with Crippen molar-refractivity contribution < 1.29 is 0 Å². The molecule has 0 spiro atoms. The van der Waals surface area contributed by atoms with Crippen LogP contribution < -0.4 is 0 Å². The van der Waals surface area contributed by atoms with Gasteiger partial charge in [0.25, 0.3) is 0 Å². The van der Waals surface area contributed by atoms with Crippen molar-refractivity contribution in [1.82, 2.24) is 18.9 Å². The van der Waals surface area contributed by atoms with Gasteiger partial charge in [-0.3, -0.25) is 0 Å². The summed E-state index contributed by atoms with van der Waals surface area (Å²) in [5.74, 6) is 0.720. The van der Waals surface area contributed by atoms with E-state index in [-0.39, 0.29) is 0 Å². The normalized spacial score (nSPS) is 12.3. The molecule has 0 aliphatic carbocycles. The van der Waals surface area contributed by atoms with Crippen molar-refractivity contribution in [2.24, 2.45) is 0 Å². The summed E-state index contributed by atoms with van der Waals surface area (Å²) in [7, 11) is 0. The Labute approximate surface area is 353 Å². The van der Waals surface area contributed by atoms with Crippen LogP contribution in [0.15, 0.2) is 194 Å². The Morgan fingerprint density at radius 3 is 1.84 bits per heavy atom. The number of thiophene rings is 1. The average molecular weight is 793 g/mol. The van der Waals surface area contributed by atoms with Crippen LogP contribution in [0.25, 0.3) is 130 Å². The Balaban J connectivity index is 1.01. The second kappa shape index (κ2) is 12.3. The maximum absolute atomic E-state index is 5.36. The predicted molar refractivity (Wildman–Crippen MR) is 258 cm³/mol. The molecule has 0 fully saturated rings. The first-order valence-corrected chi connectivity index (χ1v) is 21.6. The molecule has 0 N–H and O–H groups in total. The molecule has 14 rings (SSSR count).